The highest BCUT2D eigenvalue weighted by Crippen LogP contribution is 2.16. The second-order valence-corrected chi connectivity index (χ2v) is 3.57. The largest absolute Gasteiger partial charge is 0.478 e. The molecule has 0 spiro atoms. The zero-order valence-electron chi connectivity index (χ0n) is 8.10. The van der Waals surface area contributed by atoms with E-state index in [0.717, 1.165) is 0 Å². The first-order chi connectivity index (χ1) is 7.13. The zero-order valence-corrected chi connectivity index (χ0v) is 8.91. The number of hydrogen-bond acceptors (Lipinski definition) is 4. The molecule has 1 aromatic heterocycles. The lowest BCUT2D eigenvalue weighted by Gasteiger charge is -1.93. The molecule has 4 nitrogen and oxygen atoms in total. The molecule has 0 saturated heterocycles. The summed E-state index contributed by atoms with van der Waals surface area (Å²) in [5.41, 5.74) is 0.225. The molecule has 0 aromatic carbocycles. The zero-order chi connectivity index (χ0) is 11.3. The molecule has 1 heterocycles. The maximum Gasteiger partial charge on any atom is 0.336 e. The third-order valence-electron chi connectivity index (χ3n) is 1.54. The Morgan fingerprint density at radius 3 is 2.87 bits per heavy atom. The summed E-state index contributed by atoms with van der Waals surface area (Å²) >= 11 is 1.26. The SMILES string of the molecule is CCOC(=O)C=Cc1cc(C(=O)O)cs1. The summed E-state index contributed by atoms with van der Waals surface area (Å²) < 4.78 is 4.68. The number of esters is 1. The normalized spacial score (nSPS) is 10.5. The van der Waals surface area contributed by atoms with Gasteiger partial charge in [0.25, 0.3) is 0 Å². The van der Waals surface area contributed by atoms with Gasteiger partial charge in [0.2, 0.25) is 0 Å². The van der Waals surface area contributed by atoms with Crippen LogP contribution in [0.2, 0.25) is 0 Å². The second kappa shape index (κ2) is 5.31. The quantitative estimate of drug-likeness (QED) is 0.630. The van der Waals surface area contributed by atoms with Crippen LogP contribution in [-0.2, 0) is 9.53 Å². The number of aromatic carboxylic acids is 1. The van der Waals surface area contributed by atoms with Crippen LogP contribution in [0.25, 0.3) is 6.08 Å². The number of thiophene rings is 1. The lowest BCUT2D eigenvalue weighted by atomic mass is 10.3. The molecule has 0 radical (unpaired) electrons. The molecule has 1 rings (SSSR count). The fourth-order valence-corrected chi connectivity index (χ4v) is 1.67. The van der Waals surface area contributed by atoms with Crippen LogP contribution in [0.1, 0.15) is 22.2 Å². The van der Waals surface area contributed by atoms with Crippen LogP contribution in [-0.4, -0.2) is 23.7 Å². The van der Waals surface area contributed by atoms with Gasteiger partial charge in [-0.05, 0) is 19.1 Å². The van der Waals surface area contributed by atoms with Gasteiger partial charge in [0.15, 0.2) is 0 Å². The highest BCUT2D eigenvalue weighted by molar-refractivity contribution is 7.11. The van der Waals surface area contributed by atoms with Gasteiger partial charge in [-0.25, -0.2) is 9.59 Å². The number of ether oxygens (including phenoxy) is 1. The third-order valence-corrected chi connectivity index (χ3v) is 2.43. The molecule has 0 aliphatic rings. The van der Waals surface area contributed by atoms with Gasteiger partial charge in [-0.15, -0.1) is 11.3 Å². The summed E-state index contributed by atoms with van der Waals surface area (Å²) in [4.78, 5) is 22.2. The van der Waals surface area contributed by atoms with Crippen molar-refractivity contribution < 1.29 is 19.4 Å². The Hall–Kier alpha value is -1.62. The van der Waals surface area contributed by atoms with Gasteiger partial charge in [0.05, 0.1) is 12.2 Å². The van der Waals surface area contributed by atoms with Crippen molar-refractivity contribution in [1.29, 1.82) is 0 Å². The van der Waals surface area contributed by atoms with Crippen LogP contribution in [0, 0.1) is 0 Å². The molecule has 0 fully saturated rings. The Balaban J connectivity index is 2.64. The van der Waals surface area contributed by atoms with Crippen LogP contribution >= 0.6 is 11.3 Å². The predicted octanol–water partition coefficient (Wildman–Crippen LogP) is 2.02. The lowest BCUT2D eigenvalue weighted by Crippen LogP contribution is -1.98. The van der Waals surface area contributed by atoms with Crippen LogP contribution in [0.5, 0.6) is 0 Å². The summed E-state index contributed by atoms with van der Waals surface area (Å²) in [7, 11) is 0. The standard InChI is InChI=1S/C10H10O4S/c1-2-14-9(11)4-3-8-5-7(6-15-8)10(12)13/h3-6H,2H2,1H3,(H,12,13). The van der Waals surface area contributed by atoms with Gasteiger partial charge in [-0.3, -0.25) is 0 Å². The molecule has 0 bridgehead atoms. The maximum atomic E-state index is 10.9. The Kier molecular flexibility index (Phi) is 4.05. The van der Waals surface area contributed by atoms with Crippen molar-refractivity contribution in [3.05, 3.63) is 28.0 Å². The molecule has 0 aliphatic heterocycles. The first kappa shape index (κ1) is 11.5. The Morgan fingerprint density at radius 2 is 2.33 bits per heavy atom. The van der Waals surface area contributed by atoms with E-state index in [4.69, 9.17) is 5.11 Å². The fraction of sp³-hybridized carbons (Fsp3) is 0.200. The first-order valence-electron chi connectivity index (χ1n) is 4.30. The van der Waals surface area contributed by atoms with E-state index in [1.54, 1.807) is 6.92 Å². The van der Waals surface area contributed by atoms with Crippen molar-refractivity contribution in [2.75, 3.05) is 6.61 Å². The van der Waals surface area contributed by atoms with Gasteiger partial charge in [-0.2, -0.15) is 0 Å². The van der Waals surface area contributed by atoms with Crippen molar-refractivity contribution >= 4 is 29.4 Å². The predicted molar refractivity (Wildman–Crippen MR) is 56.9 cm³/mol. The van der Waals surface area contributed by atoms with Crippen molar-refractivity contribution in [2.45, 2.75) is 6.92 Å². The number of carboxylic acid groups (broad SMARTS) is 1. The van der Waals surface area contributed by atoms with Crippen molar-refractivity contribution in [1.82, 2.24) is 0 Å². The number of rotatable bonds is 4. The average molecular weight is 226 g/mol. The van der Waals surface area contributed by atoms with Crippen LogP contribution in [0.15, 0.2) is 17.5 Å². The Morgan fingerprint density at radius 1 is 1.60 bits per heavy atom. The van der Waals surface area contributed by atoms with E-state index >= 15 is 0 Å². The van der Waals surface area contributed by atoms with Gasteiger partial charge in [-0.1, -0.05) is 0 Å². The van der Waals surface area contributed by atoms with Gasteiger partial charge in [0, 0.05) is 16.3 Å². The van der Waals surface area contributed by atoms with E-state index in [1.807, 2.05) is 0 Å². The third kappa shape index (κ3) is 3.55. The minimum absolute atomic E-state index is 0.225. The molecule has 5 heteroatoms. The molecular formula is C10H10O4S. The molecule has 15 heavy (non-hydrogen) atoms. The van der Waals surface area contributed by atoms with E-state index in [1.165, 1.54) is 34.9 Å². The van der Waals surface area contributed by atoms with E-state index < -0.39 is 11.9 Å². The molecule has 0 unspecified atom stereocenters. The molecule has 1 N–H and O–H groups in total. The number of carboxylic acids is 1. The van der Waals surface area contributed by atoms with Crippen LogP contribution in [0.3, 0.4) is 0 Å². The molecular weight excluding hydrogens is 216 g/mol. The number of carbonyl (C=O) groups excluding carboxylic acids is 1. The summed E-state index contributed by atoms with van der Waals surface area (Å²) in [5, 5.41) is 10.2. The summed E-state index contributed by atoms with van der Waals surface area (Å²) in [6.07, 6.45) is 2.82. The van der Waals surface area contributed by atoms with Gasteiger partial charge >= 0.3 is 11.9 Å². The van der Waals surface area contributed by atoms with Crippen molar-refractivity contribution in [3.63, 3.8) is 0 Å². The van der Waals surface area contributed by atoms with Gasteiger partial charge in [0.1, 0.15) is 0 Å². The van der Waals surface area contributed by atoms with Gasteiger partial charge < -0.3 is 9.84 Å². The molecule has 0 atom stereocenters. The van der Waals surface area contributed by atoms with Crippen molar-refractivity contribution in [3.8, 4) is 0 Å². The smallest absolute Gasteiger partial charge is 0.336 e. The minimum atomic E-state index is -0.970. The van der Waals surface area contributed by atoms with Crippen LogP contribution in [0.4, 0.5) is 0 Å². The second-order valence-electron chi connectivity index (χ2n) is 2.63. The summed E-state index contributed by atoms with van der Waals surface area (Å²) in [6.45, 7) is 2.05. The topological polar surface area (TPSA) is 63.6 Å². The molecule has 0 saturated carbocycles. The highest BCUT2D eigenvalue weighted by Gasteiger charge is 2.04. The van der Waals surface area contributed by atoms with E-state index in [-0.39, 0.29) is 5.56 Å². The average Bonchev–Trinajstić information content (AvgIpc) is 2.63. The highest BCUT2D eigenvalue weighted by atomic mass is 32.1. The fourth-order valence-electron chi connectivity index (χ4n) is 0.893. The molecule has 0 amide bonds. The van der Waals surface area contributed by atoms with Crippen molar-refractivity contribution in [2.24, 2.45) is 0 Å². The Bertz CT molecular complexity index is 392. The van der Waals surface area contributed by atoms with E-state index in [9.17, 15) is 9.59 Å². The van der Waals surface area contributed by atoms with Crippen LogP contribution < -0.4 is 0 Å². The Labute approximate surface area is 90.8 Å². The molecule has 0 aliphatic carbocycles. The first-order valence-corrected chi connectivity index (χ1v) is 5.18. The molecule has 1 aromatic rings. The number of hydrogen-bond donors (Lipinski definition) is 1. The van der Waals surface area contributed by atoms with E-state index in [2.05, 4.69) is 4.74 Å². The summed E-state index contributed by atoms with van der Waals surface area (Å²) in [6, 6.07) is 1.50. The lowest BCUT2D eigenvalue weighted by molar-refractivity contribution is -0.137. The number of carbonyl (C=O) groups is 2. The minimum Gasteiger partial charge on any atom is -0.478 e. The summed E-state index contributed by atoms with van der Waals surface area (Å²) in [5.74, 6) is -1.40. The van der Waals surface area contributed by atoms with E-state index in [0.29, 0.717) is 11.5 Å². The molecule has 80 valence electrons. The monoisotopic (exact) mass is 226 g/mol. The maximum absolute atomic E-state index is 10.9.